The Morgan fingerprint density at radius 2 is 1.97 bits per heavy atom. The van der Waals surface area contributed by atoms with Gasteiger partial charge in [-0.3, -0.25) is 4.79 Å². The van der Waals surface area contributed by atoms with Gasteiger partial charge in [-0.15, -0.1) is 0 Å². The Morgan fingerprint density at radius 1 is 1.24 bits per heavy atom. The normalized spacial score (nSPS) is 22.4. The van der Waals surface area contributed by atoms with Crippen LogP contribution in [-0.2, 0) is 5.41 Å². The molecule has 8 heteroatoms. The first kappa shape index (κ1) is 21.7. The number of nitrogens with one attached hydrogen (secondary N) is 1. The number of imidazole rings is 1. The number of likely N-dealkylation sites (N-methyl/N-ethyl adjacent to an activating group) is 1. The van der Waals surface area contributed by atoms with Gasteiger partial charge in [0.05, 0.1) is 17.0 Å². The maximum absolute atomic E-state index is 14.4. The van der Waals surface area contributed by atoms with Crippen LogP contribution in [0.4, 0.5) is 8.78 Å². The highest BCUT2D eigenvalue weighted by Gasteiger charge is 2.64. The van der Waals surface area contributed by atoms with Crippen LogP contribution in [-0.4, -0.2) is 44.1 Å². The average molecular weight is 452 g/mol. The van der Waals surface area contributed by atoms with Crippen molar-refractivity contribution in [3.05, 3.63) is 64.9 Å². The Labute approximate surface area is 191 Å². The molecule has 0 aliphatic heterocycles. The predicted molar refractivity (Wildman–Crippen MR) is 120 cm³/mol. The van der Waals surface area contributed by atoms with Gasteiger partial charge in [0.2, 0.25) is 0 Å². The van der Waals surface area contributed by atoms with Crippen LogP contribution in [0.25, 0.3) is 11.3 Å². The van der Waals surface area contributed by atoms with Gasteiger partial charge in [-0.2, -0.15) is 10.2 Å². The summed E-state index contributed by atoms with van der Waals surface area (Å²) in [6.45, 7) is 9.23. The summed E-state index contributed by atoms with van der Waals surface area (Å²) in [4.78, 5) is 22.3. The van der Waals surface area contributed by atoms with Crippen molar-refractivity contribution in [3.63, 3.8) is 0 Å². The summed E-state index contributed by atoms with van der Waals surface area (Å²) in [5, 5.41) is 8.81. The third-order valence-electron chi connectivity index (χ3n) is 7.87. The molecular weight excluding hydrogens is 424 g/mol. The van der Waals surface area contributed by atoms with Crippen LogP contribution >= 0.6 is 0 Å². The smallest absolute Gasteiger partial charge is 0.289 e. The van der Waals surface area contributed by atoms with Gasteiger partial charge in [0.15, 0.2) is 5.82 Å². The molecule has 1 amide bonds. The number of H-pyrrole nitrogens is 1. The molecule has 0 radical (unpaired) electrons. The van der Waals surface area contributed by atoms with Gasteiger partial charge in [-0.1, -0.05) is 19.9 Å². The minimum absolute atomic E-state index is 0.148. The number of hydrogen-bond acceptors (Lipinski definition) is 4. The summed E-state index contributed by atoms with van der Waals surface area (Å²) in [6, 6.07) is 5.59. The number of carbonyl (C=O) groups is 1. The van der Waals surface area contributed by atoms with Crippen molar-refractivity contribution in [2.75, 3.05) is 13.1 Å². The molecule has 3 aromatic rings. The molecular formula is C25H27F2N5O. The minimum Gasteiger partial charge on any atom is -0.338 e. The van der Waals surface area contributed by atoms with Crippen LogP contribution in [0.1, 0.15) is 67.1 Å². The molecule has 5 rings (SSSR count). The second-order valence-electron chi connectivity index (χ2n) is 9.76. The molecule has 2 bridgehead atoms. The van der Waals surface area contributed by atoms with Gasteiger partial charge in [-0.05, 0) is 61.8 Å². The number of hydrogen-bond donors (Lipinski definition) is 1. The molecule has 1 fully saturated rings. The van der Waals surface area contributed by atoms with E-state index >= 15 is 0 Å². The third kappa shape index (κ3) is 3.03. The SMILES string of the molecule is CCN(C[C@@]12CC[C@@H](c3cc(-c4c(F)cccc4F)nnc31)C2(C)C)C(=O)c1ncc(C)[nH]1. The zero-order valence-electron chi connectivity index (χ0n) is 19.2. The summed E-state index contributed by atoms with van der Waals surface area (Å²) in [6.07, 6.45) is 3.45. The van der Waals surface area contributed by atoms with Crippen molar-refractivity contribution in [1.29, 1.82) is 0 Å². The van der Waals surface area contributed by atoms with E-state index in [1.54, 1.807) is 12.3 Å². The fraction of sp³-hybridized carbons (Fsp3) is 0.440. The lowest BCUT2D eigenvalue weighted by Gasteiger charge is -2.41. The molecule has 2 atom stereocenters. The van der Waals surface area contributed by atoms with E-state index < -0.39 is 11.6 Å². The zero-order chi connectivity index (χ0) is 23.5. The van der Waals surface area contributed by atoms with Gasteiger partial charge in [0, 0.05) is 30.4 Å². The largest absolute Gasteiger partial charge is 0.338 e. The highest BCUT2D eigenvalue weighted by atomic mass is 19.1. The van der Waals surface area contributed by atoms with Crippen molar-refractivity contribution in [2.24, 2.45) is 5.41 Å². The third-order valence-corrected chi connectivity index (χ3v) is 7.87. The lowest BCUT2D eigenvalue weighted by molar-refractivity contribution is 0.0641. The Morgan fingerprint density at radius 3 is 2.61 bits per heavy atom. The van der Waals surface area contributed by atoms with E-state index in [0.29, 0.717) is 18.9 Å². The Balaban J connectivity index is 1.56. The second-order valence-corrected chi connectivity index (χ2v) is 9.76. The van der Waals surface area contributed by atoms with Crippen LogP contribution in [0.5, 0.6) is 0 Å². The summed E-state index contributed by atoms with van der Waals surface area (Å²) in [5.41, 5.74) is 2.13. The molecule has 6 nitrogen and oxygen atoms in total. The maximum atomic E-state index is 14.4. The zero-order valence-corrected chi connectivity index (χ0v) is 19.2. The van der Waals surface area contributed by atoms with Crippen molar-refractivity contribution < 1.29 is 13.6 Å². The summed E-state index contributed by atoms with van der Waals surface area (Å²) >= 11 is 0. The molecule has 33 heavy (non-hydrogen) atoms. The van der Waals surface area contributed by atoms with Crippen molar-refractivity contribution in [2.45, 2.75) is 51.9 Å². The number of nitrogens with zero attached hydrogens (tertiary/aromatic N) is 4. The number of fused-ring (bicyclic) bond motifs is 5. The molecule has 2 aliphatic carbocycles. The number of halogens is 2. The van der Waals surface area contributed by atoms with Gasteiger partial charge < -0.3 is 9.88 Å². The van der Waals surface area contributed by atoms with E-state index in [9.17, 15) is 13.6 Å². The van der Waals surface area contributed by atoms with Crippen molar-refractivity contribution in [3.8, 4) is 11.3 Å². The fourth-order valence-corrected chi connectivity index (χ4v) is 5.97. The molecule has 2 heterocycles. The van der Waals surface area contributed by atoms with Crippen LogP contribution in [0.15, 0.2) is 30.5 Å². The molecule has 2 aromatic heterocycles. The number of aromatic nitrogens is 4. The molecule has 1 N–H and O–H groups in total. The van der Waals surface area contributed by atoms with Gasteiger partial charge >= 0.3 is 0 Å². The number of aromatic amines is 1. The van der Waals surface area contributed by atoms with Crippen molar-refractivity contribution >= 4 is 5.91 Å². The van der Waals surface area contributed by atoms with E-state index in [-0.39, 0.29) is 33.9 Å². The van der Waals surface area contributed by atoms with Crippen LogP contribution in [0.2, 0.25) is 0 Å². The molecule has 1 aromatic carbocycles. The Bertz CT molecular complexity index is 1230. The number of benzene rings is 1. The van der Waals surface area contributed by atoms with E-state index in [1.807, 2.05) is 18.7 Å². The number of carbonyl (C=O) groups excluding carboxylic acids is 1. The summed E-state index contributed by atoms with van der Waals surface area (Å²) in [5.74, 6) is -0.953. The average Bonchev–Trinajstić information content (AvgIpc) is 3.37. The van der Waals surface area contributed by atoms with E-state index in [2.05, 4.69) is 34.0 Å². The monoisotopic (exact) mass is 451 g/mol. The Kier molecular flexibility index (Phi) is 4.88. The van der Waals surface area contributed by atoms with Gasteiger partial charge in [0.25, 0.3) is 5.91 Å². The summed E-state index contributed by atoms with van der Waals surface area (Å²) < 4.78 is 28.8. The van der Waals surface area contributed by atoms with E-state index in [0.717, 1.165) is 29.8 Å². The Hall–Kier alpha value is -3.16. The standard InChI is InChI=1S/C25H27F2N5O/c1-5-32(23(33)22-28-12-14(2)29-22)13-25-10-9-16(24(25,3)4)15-11-19(30-31-21(15)25)20-17(26)7-6-8-18(20)27/h6-8,11-12,16H,5,9-10,13H2,1-4H3,(H,28,29)/t16-,25-/m0/s1. The number of rotatable bonds is 5. The first-order chi connectivity index (χ1) is 15.7. The number of amides is 1. The predicted octanol–water partition coefficient (Wildman–Crippen LogP) is 4.77. The van der Waals surface area contributed by atoms with Crippen LogP contribution in [0, 0.1) is 24.0 Å². The fourth-order valence-electron chi connectivity index (χ4n) is 5.97. The van der Waals surface area contributed by atoms with E-state index in [1.165, 1.54) is 18.2 Å². The quantitative estimate of drug-likeness (QED) is 0.606. The molecule has 172 valence electrons. The van der Waals surface area contributed by atoms with E-state index in [4.69, 9.17) is 0 Å². The molecule has 0 spiro atoms. The molecule has 0 unspecified atom stereocenters. The first-order valence-corrected chi connectivity index (χ1v) is 11.3. The van der Waals surface area contributed by atoms with Crippen LogP contribution < -0.4 is 0 Å². The lowest BCUT2D eigenvalue weighted by atomic mass is 9.68. The van der Waals surface area contributed by atoms with Crippen molar-refractivity contribution in [1.82, 2.24) is 25.1 Å². The maximum Gasteiger partial charge on any atom is 0.289 e. The topological polar surface area (TPSA) is 74.8 Å². The highest BCUT2D eigenvalue weighted by molar-refractivity contribution is 5.90. The highest BCUT2D eigenvalue weighted by Crippen LogP contribution is 2.67. The van der Waals surface area contributed by atoms with Gasteiger partial charge in [-0.25, -0.2) is 13.8 Å². The lowest BCUT2D eigenvalue weighted by Crippen LogP contribution is -2.48. The summed E-state index contributed by atoms with van der Waals surface area (Å²) in [7, 11) is 0. The minimum atomic E-state index is -0.655. The van der Waals surface area contributed by atoms with Gasteiger partial charge in [0.1, 0.15) is 11.6 Å². The second kappa shape index (κ2) is 7.43. The number of aryl methyl sites for hydroxylation is 1. The van der Waals surface area contributed by atoms with Crippen LogP contribution in [0.3, 0.4) is 0 Å². The molecule has 2 aliphatic rings. The first-order valence-electron chi connectivity index (χ1n) is 11.3. The molecule has 1 saturated carbocycles. The molecule has 0 saturated heterocycles.